The van der Waals surface area contributed by atoms with Crippen LogP contribution < -0.4 is 5.48 Å². The van der Waals surface area contributed by atoms with E-state index in [-0.39, 0.29) is 12.0 Å². The van der Waals surface area contributed by atoms with Gasteiger partial charge in [0.25, 0.3) is 0 Å². The van der Waals surface area contributed by atoms with E-state index in [0.29, 0.717) is 0 Å². The van der Waals surface area contributed by atoms with Crippen molar-refractivity contribution in [3.63, 3.8) is 0 Å². The molecule has 0 rings (SSSR count). The molecule has 0 spiro atoms. The van der Waals surface area contributed by atoms with Crippen molar-refractivity contribution < 1.29 is 9.63 Å². The van der Waals surface area contributed by atoms with Crippen LogP contribution in [0.5, 0.6) is 0 Å². The van der Waals surface area contributed by atoms with E-state index < -0.39 is 0 Å². The summed E-state index contributed by atoms with van der Waals surface area (Å²) in [4.78, 5) is 14.7. The molecule has 0 aliphatic carbocycles. The molecule has 0 aromatic rings. The van der Waals surface area contributed by atoms with E-state index in [1.165, 1.54) is 6.92 Å². The molecule has 3 heteroatoms. The molecular weight excluding hydrogens is 118 g/mol. The van der Waals surface area contributed by atoms with Crippen LogP contribution >= 0.6 is 0 Å². The second kappa shape index (κ2) is 4.32. The van der Waals surface area contributed by atoms with E-state index in [4.69, 9.17) is 0 Å². The lowest BCUT2D eigenvalue weighted by Crippen LogP contribution is -2.27. The van der Waals surface area contributed by atoms with Gasteiger partial charge in [-0.1, -0.05) is 6.92 Å². The highest BCUT2D eigenvalue weighted by Gasteiger charge is 1.97. The number of nitrogens with one attached hydrogen (secondary N) is 1. The van der Waals surface area contributed by atoms with Crippen LogP contribution in [0.1, 0.15) is 27.2 Å². The van der Waals surface area contributed by atoms with Crippen LogP contribution in [-0.2, 0) is 9.63 Å². The van der Waals surface area contributed by atoms with Crippen LogP contribution in [0.3, 0.4) is 0 Å². The molecule has 0 aromatic carbocycles. The molecule has 0 saturated carbocycles. The first kappa shape index (κ1) is 8.43. The van der Waals surface area contributed by atoms with Crippen LogP contribution in [-0.4, -0.2) is 12.0 Å². The minimum absolute atomic E-state index is 0.244. The maximum atomic E-state index is 10.2. The lowest BCUT2D eigenvalue weighted by molar-refractivity contribution is -0.149. The van der Waals surface area contributed by atoms with Crippen molar-refractivity contribution in [2.75, 3.05) is 0 Å². The quantitative estimate of drug-likeness (QED) is 0.577. The number of hydroxylamine groups is 1. The fourth-order valence-corrected chi connectivity index (χ4v) is 0.267. The second-order valence-corrected chi connectivity index (χ2v) is 2.02. The Kier molecular flexibility index (Phi) is 4.05. The van der Waals surface area contributed by atoms with Crippen molar-refractivity contribution in [3.8, 4) is 0 Å². The highest BCUT2D eigenvalue weighted by Crippen LogP contribution is 1.86. The molecule has 0 radical (unpaired) electrons. The lowest BCUT2D eigenvalue weighted by Gasteiger charge is -2.08. The minimum atomic E-state index is -0.296. The molecule has 0 saturated heterocycles. The summed E-state index contributed by atoms with van der Waals surface area (Å²) < 4.78 is 0. The van der Waals surface area contributed by atoms with E-state index in [9.17, 15) is 4.79 Å². The summed E-state index contributed by atoms with van der Waals surface area (Å²) in [7, 11) is 0. The predicted octanol–water partition coefficient (Wildman–Crippen LogP) is 0.853. The average Bonchev–Trinajstić information content (AvgIpc) is 1.83. The van der Waals surface area contributed by atoms with Gasteiger partial charge >= 0.3 is 5.97 Å². The Balaban J connectivity index is 3.16. The minimum Gasteiger partial charge on any atom is -0.371 e. The number of carbonyl (C=O) groups excluding carboxylic acids is 1. The molecule has 1 atom stereocenters. The van der Waals surface area contributed by atoms with Crippen molar-refractivity contribution in [2.45, 2.75) is 33.2 Å². The van der Waals surface area contributed by atoms with Gasteiger partial charge in [0.2, 0.25) is 0 Å². The van der Waals surface area contributed by atoms with Gasteiger partial charge in [-0.05, 0) is 13.3 Å². The van der Waals surface area contributed by atoms with Crippen molar-refractivity contribution in [1.29, 1.82) is 0 Å². The molecule has 0 amide bonds. The van der Waals surface area contributed by atoms with Gasteiger partial charge in [-0.25, -0.2) is 0 Å². The molecule has 9 heavy (non-hydrogen) atoms. The zero-order valence-electron chi connectivity index (χ0n) is 6.10. The average molecular weight is 131 g/mol. The van der Waals surface area contributed by atoms with Crippen LogP contribution in [0.25, 0.3) is 0 Å². The number of hydrogen-bond acceptors (Lipinski definition) is 3. The smallest absolute Gasteiger partial charge is 0.321 e. The molecule has 0 heterocycles. The van der Waals surface area contributed by atoms with Crippen LogP contribution in [0.2, 0.25) is 0 Å². The highest BCUT2D eigenvalue weighted by atomic mass is 16.7. The van der Waals surface area contributed by atoms with Crippen LogP contribution in [0.15, 0.2) is 0 Å². The first-order valence-corrected chi connectivity index (χ1v) is 3.09. The molecule has 0 aromatic heterocycles. The Hall–Kier alpha value is -0.570. The van der Waals surface area contributed by atoms with Gasteiger partial charge in [-0.2, -0.15) is 5.48 Å². The topological polar surface area (TPSA) is 38.3 Å². The number of hydrogen-bond donors (Lipinski definition) is 1. The van der Waals surface area contributed by atoms with Gasteiger partial charge in [-0.15, -0.1) is 0 Å². The van der Waals surface area contributed by atoms with Gasteiger partial charge < -0.3 is 4.84 Å². The molecule has 0 bridgehead atoms. The van der Waals surface area contributed by atoms with Crippen molar-refractivity contribution in [2.24, 2.45) is 0 Å². The van der Waals surface area contributed by atoms with E-state index in [2.05, 4.69) is 10.3 Å². The van der Waals surface area contributed by atoms with Crippen LogP contribution in [0.4, 0.5) is 0 Å². The highest BCUT2D eigenvalue weighted by molar-refractivity contribution is 5.65. The third-order valence-electron chi connectivity index (χ3n) is 1.02. The molecule has 1 N–H and O–H groups in total. The zero-order chi connectivity index (χ0) is 7.28. The Morgan fingerprint density at radius 1 is 1.78 bits per heavy atom. The number of rotatable bonds is 3. The molecule has 0 fully saturated rings. The fourth-order valence-electron chi connectivity index (χ4n) is 0.267. The first-order valence-electron chi connectivity index (χ1n) is 3.09. The molecule has 3 nitrogen and oxygen atoms in total. The summed E-state index contributed by atoms with van der Waals surface area (Å²) >= 11 is 0. The van der Waals surface area contributed by atoms with Gasteiger partial charge in [0.05, 0.1) is 0 Å². The third-order valence-corrected chi connectivity index (χ3v) is 1.02. The maximum Gasteiger partial charge on any atom is 0.321 e. The summed E-state index contributed by atoms with van der Waals surface area (Å²) in [6.07, 6.45) is 0.952. The number of carbonyl (C=O) groups is 1. The Morgan fingerprint density at radius 3 is 2.67 bits per heavy atom. The monoisotopic (exact) mass is 131 g/mol. The molecule has 54 valence electrons. The standard InChI is InChI=1S/C6H13NO2/c1-4-5(2)7-9-6(3)8/h5,7H,4H2,1-3H3. The zero-order valence-corrected chi connectivity index (χ0v) is 6.10. The fraction of sp³-hybridized carbons (Fsp3) is 0.833. The second-order valence-electron chi connectivity index (χ2n) is 2.02. The maximum absolute atomic E-state index is 10.2. The third kappa shape index (κ3) is 5.30. The van der Waals surface area contributed by atoms with E-state index >= 15 is 0 Å². The lowest BCUT2D eigenvalue weighted by atomic mass is 10.3. The molecule has 0 aliphatic rings. The first-order chi connectivity index (χ1) is 4.16. The van der Waals surface area contributed by atoms with Crippen molar-refractivity contribution >= 4 is 5.97 Å². The van der Waals surface area contributed by atoms with Gasteiger partial charge in [0.15, 0.2) is 0 Å². The summed E-state index contributed by atoms with van der Waals surface area (Å²) in [6.45, 7) is 5.33. The van der Waals surface area contributed by atoms with Crippen molar-refractivity contribution in [1.82, 2.24) is 5.48 Å². The molecular formula is C6H13NO2. The van der Waals surface area contributed by atoms with E-state index in [1.807, 2.05) is 13.8 Å². The largest absolute Gasteiger partial charge is 0.371 e. The Morgan fingerprint density at radius 2 is 2.33 bits per heavy atom. The van der Waals surface area contributed by atoms with Crippen LogP contribution in [0, 0.1) is 0 Å². The Labute approximate surface area is 55.3 Å². The summed E-state index contributed by atoms with van der Waals surface area (Å²) in [5.41, 5.74) is 2.58. The molecule has 1 unspecified atom stereocenters. The SMILES string of the molecule is CCC(C)NOC(C)=O. The van der Waals surface area contributed by atoms with Gasteiger partial charge in [0, 0.05) is 13.0 Å². The normalized spacial score (nSPS) is 12.8. The summed E-state index contributed by atoms with van der Waals surface area (Å²) in [5, 5.41) is 0. The van der Waals surface area contributed by atoms with Gasteiger partial charge in [0.1, 0.15) is 0 Å². The van der Waals surface area contributed by atoms with E-state index in [0.717, 1.165) is 6.42 Å². The summed E-state index contributed by atoms with van der Waals surface area (Å²) in [6, 6.07) is 0.244. The summed E-state index contributed by atoms with van der Waals surface area (Å²) in [5.74, 6) is -0.296. The molecule has 0 aliphatic heterocycles. The van der Waals surface area contributed by atoms with Crippen molar-refractivity contribution in [3.05, 3.63) is 0 Å². The predicted molar refractivity (Wildman–Crippen MR) is 34.7 cm³/mol. The van der Waals surface area contributed by atoms with Gasteiger partial charge in [-0.3, -0.25) is 4.79 Å². The van der Waals surface area contributed by atoms with E-state index in [1.54, 1.807) is 0 Å². The Bertz CT molecular complexity index is 93.1.